The normalized spacial score (nSPS) is 10.5. The van der Waals surface area contributed by atoms with Gasteiger partial charge in [-0.15, -0.1) is 0 Å². The third-order valence-corrected chi connectivity index (χ3v) is 2.97. The van der Waals surface area contributed by atoms with Crippen LogP contribution in [0.2, 0.25) is 0 Å². The van der Waals surface area contributed by atoms with Crippen molar-refractivity contribution in [3.05, 3.63) is 60.2 Å². The maximum absolute atomic E-state index is 12.0. The summed E-state index contributed by atoms with van der Waals surface area (Å²) in [5.41, 5.74) is 7.92. The minimum Gasteiger partial charge on any atom is -0.396 e. The van der Waals surface area contributed by atoms with Gasteiger partial charge in [-0.1, -0.05) is 30.3 Å². The van der Waals surface area contributed by atoms with Crippen LogP contribution in [0.15, 0.2) is 48.9 Å². The number of H-pyrrole nitrogens is 1. The molecule has 0 atom stereocenters. The number of carbonyl (C=O) groups is 1. The van der Waals surface area contributed by atoms with Crippen LogP contribution in [0.4, 0.5) is 11.4 Å². The number of aromatic nitrogens is 4. The number of aromatic amines is 1. The molecule has 7 heteroatoms. The topological polar surface area (TPSA) is 102 Å². The van der Waals surface area contributed by atoms with Gasteiger partial charge in [-0.2, -0.15) is 10.2 Å². The van der Waals surface area contributed by atoms with E-state index in [2.05, 4.69) is 20.6 Å². The molecule has 0 aliphatic carbocycles. The summed E-state index contributed by atoms with van der Waals surface area (Å²) in [6.07, 6.45) is 4.75. The summed E-state index contributed by atoms with van der Waals surface area (Å²) in [6, 6.07) is 9.95. The highest BCUT2D eigenvalue weighted by Crippen LogP contribution is 2.12. The molecule has 2 aromatic heterocycles. The van der Waals surface area contributed by atoms with Crippen LogP contribution in [-0.2, 0) is 6.54 Å². The summed E-state index contributed by atoms with van der Waals surface area (Å²) in [7, 11) is 0. The number of anilines is 2. The second-order valence-corrected chi connectivity index (χ2v) is 4.57. The molecule has 106 valence electrons. The van der Waals surface area contributed by atoms with Crippen LogP contribution in [0.3, 0.4) is 0 Å². The van der Waals surface area contributed by atoms with Crippen LogP contribution >= 0.6 is 0 Å². The van der Waals surface area contributed by atoms with Crippen LogP contribution in [0.25, 0.3) is 0 Å². The van der Waals surface area contributed by atoms with Gasteiger partial charge in [-0.3, -0.25) is 14.6 Å². The third-order valence-electron chi connectivity index (χ3n) is 2.97. The fourth-order valence-electron chi connectivity index (χ4n) is 1.96. The third kappa shape index (κ3) is 2.92. The van der Waals surface area contributed by atoms with E-state index in [-0.39, 0.29) is 11.6 Å². The lowest BCUT2D eigenvalue weighted by atomic mass is 10.2. The first-order valence-corrected chi connectivity index (χ1v) is 6.39. The van der Waals surface area contributed by atoms with Crippen molar-refractivity contribution < 1.29 is 4.79 Å². The van der Waals surface area contributed by atoms with Crippen LogP contribution in [0.1, 0.15) is 16.1 Å². The summed E-state index contributed by atoms with van der Waals surface area (Å²) >= 11 is 0. The molecule has 0 aliphatic heterocycles. The molecular formula is C14H14N6O. The smallest absolute Gasteiger partial charge is 0.275 e. The Hall–Kier alpha value is -3.09. The van der Waals surface area contributed by atoms with Crippen molar-refractivity contribution in [1.29, 1.82) is 0 Å². The van der Waals surface area contributed by atoms with Gasteiger partial charge in [0.05, 0.1) is 30.3 Å². The average Bonchev–Trinajstić information content (AvgIpc) is 3.09. The van der Waals surface area contributed by atoms with Gasteiger partial charge >= 0.3 is 0 Å². The van der Waals surface area contributed by atoms with Gasteiger partial charge in [0.1, 0.15) is 5.69 Å². The Labute approximate surface area is 120 Å². The maximum atomic E-state index is 12.0. The van der Waals surface area contributed by atoms with Gasteiger partial charge in [0, 0.05) is 6.20 Å². The zero-order valence-corrected chi connectivity index (χ0v) is 11.2. The second kappa shape index (κ2) is 5.49. The van der Waals surface area contributed by atoms with Crippen molar-refractivity contribution in [2.75, 3.05) is 11.1 Å². The van der Waals surface area contributed by atoms with Gasteiger partial charge in [-0.25, -0.2) is 0 Å². The number of rotatable bonds is 4. The highest BCUT2D eigenvalue weighted by atomic mass is 16.2. The van der Waals surface area contributed by atoms with Crippen LogP contribution in [0.5, 0.6) is 0 Å². The van der Waals surface area contributed by atoms with Crippen molar-refractivity contribution in [2.24, 2.45) is 0 Å². The molecule has 0 aliphatic rings. The molecule has 0 unspecified atom stereocenters. The lowest BCUT2D eigenvalue weighted by Gasteiger charge is -2.02. The number of nitrogens with one attached hydrogen (secondary N) is 2. The molecule has 0 bridgehead atoms. The number of carbonyl (C=O) groups excluding carboxylic acids is 1. The van der Waals surface area contributed by atoms with Crippen molar-refractivity contribution in [3.63, 3.8) is 0 Å². The Morgan fingerprint density at radius 1 is 1.29 bits per heavy atom. The van der Waals surface area contributed by atoms with Gasteiger partial charge in [0.25, 0.3) is 5.91 Å². The van der Waals surface area contributed by atoms with E-state index in [1.54, 1.807) is 17.1 Å². The van der Waals surface area contributed by atoms with E-state index in [9.17, 15) is 4.79 Å². The molecule has 7 nitrogen and oxygen atoms in total. The first-order valence-electron chi connectivity index (χ1n) is 6.39. The maximum Gasteiger partial charge on any atom is 0.275 e. The Morgan fingerprint density at radius 2 is 2.10 bits per heavy atom. The Balaban J connectivity index is 1.68. The summed E-state index contributed by atoms with van der Waals surface area (Å²) < 4.78 is 1.75. The van der Waals surface area contributed by atoms with Crippen molar-refractivity contribution in [2.45, 2.75) is 6.54 Å². The van der Waals surface area contributed by atoms with E-state index in [0.717, 1.165) is 5.56 Å². The molecule has 2 heterocycles. The first-order chi connectivity index (χ1) is 10.2. The van der Waals surface area contributed by atoms with Crippen LogP contribution < -0.4 is 11.1 Å². The lowest BCUT2D eigenvalue weighted by molar-refractivity contribution is 0.102. The summed E-state index contributed by atoms with van der Waals surface area (Å²) in [4.78, 5) is 12.0. The van der Waals surface area contributed by atoms with Gasteiger partial charge in [-0.05, 0) is 5.56 Å². The number of nitrogens with two attached hydrogens (primary N) is 1. The number of nitrogen functional groups attached to an aromatic ring is 1. The molecule has 3 aromatic rings. The van der Waals surface area contributed by atoms with Crippen molar-refractivity contribution in [1.82, 2.24) is 20.0 Å². The molecule has 1 aromatic carbocycles. The average molecular weight is 282 g/mol. The summed E-state index contributed by atoms with van der Waals surface area (Å²) in [6.45, 7) is 0.642. The molecule has 4 N–H and O–H groups in total. The molecule has 1 amide bonds. The Morgan fingerprint density at radius 3 is 2.81 bits per heavy atom. The van der Waals surface area contributed by atoms with Crippen molar-refractivity contribution >= 4 is 17.3 Å². The zero-order valence-electron chi connectivity index (χ0n) is 11.2. The second-order valence-electron chi connectivity index (χ2n) is 4.57. The highest BCUT2D eigenvalue weighted by molar-refractivity contribution is 6.05. The Bertz CT molecular complexity index is 746. The molecule has 0 radical (unpaired) electrons. The monoisotopic (exact) mass is 282 g/mol. The van der Waals surface area contributed by atoms with E-state index < -0.39 is 0 Å². The number of benzene rings is 1. The predicted molar refractivity (Wildman–Crippen MR) is 78.7 cm³/mol. The quantitative estimate of drug-likeness (QED) is 0.674. The van der Waals surface area contributed by atoms with Crippen LogP contribution in [-0.4, -0.2) is 25.9 Å². The molecule has 0 saturated carbocycles. The van der Waals surface area contributed by atoms with E-state index >= 15 is 0 Å². The highest BCUT2D eigenvalue weighted by Gasteiger charge is 2.12. The van der Waals surface area contributed by atoms with E-state index in [4.69, 9.17) is 5.73 Å². The largest absolute Gasteiger partial charge is 0.396 e. The predicted octanol–water partition coefficient (Wildman–Crippen LogP) is 1.49. The fraction of sp³-hybridized carbons (Fsp3) is 0.0714. The van der Waals surface area contributed by atoms with Crippen LogP contribution in [0, 0.1) is 0 Å². The Kier molecular flexibility index (Phi) is 3.38. The number of hydrogen-bond acceptors (Lipinski definition) is 4. The standard InChI is InChI=1S/C14H14N6O/c15-12-7-16-19-13(12)14(21)18-11-6-17-20(9-11)8-10-4-2-1-3-5-10/h1-7,9H,8,15H2,(H,16,19)(H,18,21). The minimum absolute atomic E-state index is 0.241. The molecular weight excluding hydrogens is 268 g/mol. The zero-order chi connectivity index (χ0) is 14.7. The summed E-state index contributed by atoms with van der Waals surface area (Å²) in [5, 5.41) is 13.2. The van der Waals surface area contributed by atoms with Gasteiger partial charge in [0.15, 0.2) is 0 Å². The minimum atomic E-state index is -0.343. The summed E-state index contributed by atoms with van der Waals surface area (Å²) in [5.74, 6) is -0.343. The molecule has 21 heavy (non-hydrogen) atoms. The molecule has 0 fully saturated rings. The number of nitrogens with zero attached hydrogens (tertiary/aromatic N) is 3. The van der Waals surface area contributed by atoms with E-state index in [1.807, 2.05) is 30.3 Å². The number of amides is 1. The van der Waals surface area contributed by atoms with Crippen molar-refractivity contribution in [3.8, 4) is 0 Å². The first kappa shape index (κ1) is 12.9. The van der Waals surface area contributed by atoms with E-state index in [1.165, 1.54) is 6.20 Å². The van der Waals surface area contributed by atoms with Gasteiger partial charge < -0.3 is 11.1 Å². The molecule has 0 spiro atoms. The van der Waals surface area contributed by atoms with Gasteiger partial charge in [0.2, 0.25) is 0 Å². The molecule has 0 saturated heterocycles. The molecule has 3 rings (SSSR count). The number of hydrogen-bond donors (Lipinski definition) is 3. The lowest BCUT2D eigenvalue weighted by Crippen LogP contribution is -2.13. The fourth-order valence-corrected chi connectivity index (χ4v) is 1.96. The van der Waals surface area contributed by atoms with E-state index in [0.29, 0.717) is 17.9 Å². The SMILES string of the molecule is Nc1cn[nH]c1C(=O)Nc1cnn(Cc2ccccc2)c1.